The van der Waals surface area contributed by atoms with Gasteiger partial charge in [-0.15, -0.1) is 0 Å². The van der Waals surface area contributed by atoms with E-state index in [2.05, 4.69) is 5.32 Å². The van der Waals surface area contributed by atoms with Gasteiger partial charge in [0.05, 0.1) is 10.9 Å². The Hall–Kier alpha value is -2.89. The number of hydrogen-bond donors (Lipinski definition) is 1. The van der Waals surface area contributed by atoms with Gasteiger partial charge in [0.25, 0.3) is 5.69 Å². The second kappa shape index (κ2) is 5.83. The second-order valence-corrected chi connectivity index (χ2v) is 4.11. The van der Waals surface area contributed by atoms with Crippen LogP contribution in [0.15, 0.2) is 48.5 Å². The summed E-state index contributed by atoms with van der Waals surface area (Å²) in [5.41, 5.74) is 0.749. The maximum atomic E-state index is 11.0. The highest BCUT2D eigenvalue weighted by Gasteiger charge is 2.11. The maximum Gasteiger partial charge on any atom is 0.270 e. The van der Waals surface area contributed by atoms with Crippen LogP contribution in [0.5, 0.6) is 0 Å². The van der Waals surface area contributed by atoms with Crippen molar-refractivity contribution in [3.63, 3.8) is 0 Å². The molecule has 2 aromatic rings. The van der Waals surface area contributed by atoms with Crippen LogP contribution in [0.3, 0.4) is 0 Å². The number of benzene rings is 2. The number of carbonyl (C=O) groups excluding carboxylic acids is 1. The van der Waals surface area contributed by atoms with Crippen molar-refractivity contribution in [2.75, 3.05) is 5.32 Å². The van der Waals surface area contributed by atoms with Crippen LogP contribution < -0.4 is 10.4 Å². The van der Waals surface area contributed by atoms with Crippen molar-refractivity contribution in [2.24, 2.45) is 0 Å². The van der Waals surface area contributed by atoms with E-state index in [0.29, 0.717) is 12.2 Å². The van der Waals surface area contributed by atoms with Gasteiger partial charge in [-0.1, -0.05) is 30.3 Å². The van der Waals surface area contributed by atoms with E-state index in [4.69, 9.17) is 0 Å². The third-order valence-corrected chi connectivity index (χ3v) is 2.76. The quantitative estimate of drug-likeness (QED) is 0.657. The molecule has 0 radical (unpaired) electrons. The average Bonchev–Trinajstić information content (AvgIpc) is 2.45. The zero-order valence-electron chi connectivity index (χ0n) is 10.4. The fraction of sp³-hybridized carbons (Fsp3) is 0.0714. The van der Waals surface area contributed by atoms with Gasteiger partial charge in [0.15, 0.2) is 0 Å². The molecule has 0 saturated heterocycles. The number of aromatic carboxylic acids is 1. The van der Waals surface area contributed by atoms with E-state index in [0.717, 1.165) is 11.6 Å². The third kappa shape index (κ3) is 3.11. The first-order chi connectivity index (χ1) is 9.58. The number of non-ortho nitro benzene ring substituents is 1. The van der Waals surface area contributed by atoms with Crippen LogP contribution in [0, 0.1) is 10.1 Å². The Morgan fingerprint density at radius 1 is 1.15 bits per heavy atom. The van der Waals surface area contributed by atoms with Crippen molar-refractivity contribution in [3.8, 4) is 0 Å². The van der Waals surface area contributed by atoms with Gasteiger partial charge < -0.3 is 15.2 Å². The number of hydrogen-bond acceptors (Lipinski definition) is 5. The summed E-state index contributed by atoms with van der Waals surface area (Å²) in [4.78, 5) is 21.0. The summed E-state index contributed by atoms with van der Waals surface area (Å²) in [6, 6.07) is 13.0. The van der Waals surface area contributed by atoms with Gasteiger partial charge in [0.1, 0.15) is 0 Å². The van der Waals surface area contributed by atoms with Gasteiger partial charge in [-0.3, -0.25) is 10.1 Å². The summed E-state index contributed by atoms with van der Waals surface area (Å²) < 4.78 is 0. The van der Waals surface area contributed by atoms with Gasteiger partial charge in [-0.25, -0.2) is 0 Å². The number of carbonyl (C=O) groups is 1. The molecule has 2 rings (SSSR count). The third-order valence-electron chi connectivity index (χ3n) is 2.76. The van der Waals surface area contributed by atoms with E-state index in [1.54, 1.807) is 0 Å². The van der Waals surface area contributed by atoms with E-state index in [-0.39, 0.29) is 11.3 Å². The van der Waals surface area contributed by atoms with Crippen molar-refractivity contribution in [3.05, 3.63) is 69.8 Å². The Morgan fingerprint density at radius 3 is 2.45 bits per heavy atom. The van der Waals surface area contributed by atoms with E-state index in [1.165, 1.54) is 12.1 Å². The van der Waals surface area contributed by atoms with E-state index < -0.39 is 10.9 Å². The Kier molecular flexibility index (Phi) is 3.95. The van der Waals surface area contributed by atoms with Gasteiger partial charge in [0, 0.05) is 29.9 Å². The standard InChI is InChI=1S/C14H12N2O4/c17-14(18)12-8-11(16(19)20)6-7-13(12)15-9-10-4-2-1-3-5-10/h1-8,15H,9H2,(H,17,18)/p-1. The first-order valence-corrected chi connectivity index (χ1v) is 5.85. The lowest BCUT2D eigenvalue weighted by atomic mass is 10.1. The SMILES string of the molecule is O=C([O-])c1cc([N+](=O)[O-])ccc1NCc1ccccc1. The Balaban J connectivity index is 2.23. The van der Waals surface area contributed by atoms with Crippen LogP contribution in [0.1, 0.15) is 15.9 Å². The molecule has 2 aromatic carbocycles. The van der Waals surface area contributed by atoms with Crippen molar-refractivity contribution >= 4 is 17.3 Å². The first-order valence-electron chi connectivity index (χ1n) is 5.85. The highest BCUT2D eigenvalue weighted by Crippen LogP contribution is 2.22. The highest BCUT2D eigenvalue weighted by molar-refractivity contribution is 5.93. The monoisotopic (exact) mass is 271 g/mol. The predicted octanol–water partition coefficient (Wildman–Crippen LogP) is 1.57. The number of rotatable bonds is 5. The van der Waals surface area contributed by atoms with Crippen molar-refractivity contribution in [1.82, 2.24) is 0 Å². The fourth-order valence-electron chi connectivity index (χ4n) is 1.76. The molecular weight excluding hydrogens is 260 g/mol. The smallest absolute Gasteiger partial charge is 0.270 e. The normalized spacial score (nSPS) is 10.0. The fourth-order valence-corrected chi connectivity index (χ4v) is 1.76. The molecule has 0 amide bonds. The minimum absolute atomic E-state index is 0.227. The predicted molar refractivity (Wildman–Crippen MR) is 71.2 cm³/mol. The van der Waals surface area contributed by atoms with Crippen LogP contribution in [-0.2, 0) is 6.54 Å². The van der Waals surface area contributed by atoms with E-state index >= 15 is 0 Å². The summed E-state index contributed by atoms with van der Waals surface area (Å²) in [6.07, 6.45) is 0. The molecule has 1 N–H and O–H groups in total. The Morgan fingerprint density at radius 2 is 1.85 bits per heavy atom. The molecule has 0 atom stereocenters. The highest BCUT2D eigenvalue weighted by atomic mass is 16.6. The number of nitrogens with one attached hydrogen (secondary N) is 1. The van der Waals surface area contributed by atoms with Gasteiger partial charge >= 0.3 is 0 Å². The summed E-state index contributed by atoms with van der Waals surface area (Å²) in [6.45, 7) is 0.416. The summed E-state index contributed by atoms with van der Waals surface area (Å²) in [5.74, 6) is -1.45. The van der Waals surface area contributed by atoms with Crippen LogP contribution in [0.4, 0.5) is 11.4 Å². The molecule has 0 unspecified atom stereocenters. The molecule has 0 bridgehead atoms. The molecule has 0 heterocycles. The van der Waals surface area contributed by atoms with Crippen molar-refractivity contribution in [2.45, 2.75) is 6.54 Å². The lowest BCUT2D eigenvalue weighted by molar-refractivity contribution is -0.385. The Labute approximate surface area is 114 Å². The largest absolute Gasteiger partial charge is 0.545 e. The number of carboxylic acids is 1. The van der Waals surface area contributed by atoms with Crippen molar-refractivity contribution in [1.29, 1.82) is 0 Å². The minimum atomic E-state index is -1.45. The molecule has 6 nitrogen and oxygen atoms in total. The molecule has 0 aliphatic heterocycles. The summed E-state index contributed by atoms with van der Waals surface area (Å²) >= 11 is 0. The second-order valence-electron chi connectivity index (χ2n) is 4.11. The van der Waals surface area contributed by atoms with E-state index in [1.807, 2.05) is 30.3 Å². The molecule has 102 valence electrons. The van der Waals surface area contributed by atoms with Gasteiger partial charge in [-0.05, 0) is 11.6 Å². The van der Waals surface area contributed by atoms with Gasteiger partial charge in [-0.2, -0.15) is 0 Å². The molecule has 0 aliphatic carbocycles. The van der Waals surface area contributed by atoms with E-state index in [9.17, 15) is 20.0 Å². The number of nitro groups is 1. The topological polar surface area (TPSA) is 95.3 Å². The molecule has 0 saturated carbocycles. The Bertz CT molecular complexity index is 641. The molecule has 6 heteroatoms. The molecule has 0 aliphatic rings. The number of anilines is 1. The first kappa shape index (κ1) is 13.5. The lowest BCUT2D eigenvalue weighted by Crippen LogP contribution is -2.23. The molecule has 0 fully saturated rings. The molecule has 0 aromatic heterocycles. The molecule has 0 spiro atoms. The van der Waals surface area contributed by atoms with Crippen LogP contribution >= 0.6 is 0 Å². The summed E-state index contributed by atoms with van der Waals surface area (Å²) in [7, 11) is 0. The van der Waals surface area contributed by atoms with Crippen LogP contribution in [0.2, 0.25) is 0 Å². The number of nitrogens with zero attached hydrogens (tertiary/aromatic N) is 1. The van der Waals surface area contributed by atoms with Crippen LogP contribution in [-0.4, -0.2) is 10.9 Å². The zero-order valence-corrected chi connectivity index (χ0v) is 10.4. The number of nitro benzene ring substituents is 1. The zero-order chi connectivity index (χ0) is 14.5. The van der Waals surface area contributed by atoms with Gasteiger partial charge in [0.2, 0.25) is 0 Å². The molecular formula is C14H11N2O4-. The maximum absolute atomic E-state index is 11.0. The van der Waals surface area contributed by atoms with Crippen molar-refractivity contribution < 1.29 is 14.8 Å². The minimum Gasteiger partial charge on any atom is -0.545 e. The number of carboxylic acid groups (broad SMARTS) is 1. The molecule has 20 heavy (non-hydrogen) atoms. The van der Waals surface area contributed by atoms with Crippen LogP contribution in [0.25, 0.3) is 0 Å². The lowest BCUT2D eigenvalue weighted by Gasteiger charge is -2.12. The summed E-state index contributed by atoms with van der Waals surface area (Å²) in [5, 5.41) is 24.6. The average molecular weight is 271 g/mol.